The van der Waals surface area contributed by atoms with E-state index in [1.165, 1.54) is 41.3 Å². The molecule has 0 bridgehead atoms. The molecule has 1 fully saturated rings. The predicted octanol–water partition coefficient (Wildman–Crippen LogP) is 5.66. The number of nitro groups is 1. The molecule has 196 valence electrons. The highest BCUT2D eigenvalue weighted by molar-refractivity contribution is 6.01. The fraction of sp³-hybridized carbons (Fsp3) is 0.172. The van der Waals surface area contributed by atoms with Crippen molar-refractivity contribution < 1.29 is 18.9 Å². The normalized spacial score (nSPS) is 15.7. The van der Waals surface area contributed by atoms with Gasteiger partial charge in [0.1, 0.15) is 18.4 Å². The highest BCUT2D eigenvalue weighted by Gasteiger charge is 2.40. The van der Waals surface area contributed by atoms with Crippen LogP contribution >= 0.6 is 0 Å². The van der Waals surface area contributed by atoms with E-state index in [1.807, 2.05) is 47.2 Å². The molecule has 6 rings (SSSR count). The van der Waals surface area contributed by atoms with Crippen LogP contribution in [0.2, 0.25) is 0 Å². The van der Waals surface area contributed by atoms with Gasteiger partial charge in [0.15, 0.2) is 0 Å². The quantitative estimate of drug-likeness (QED) is 0.259. The first-order valence-electron chi connectivity index (χ1n) is 12.6. The van der Waals surface area contributed by atoms with Crippen molar-refractivity contribution in [1.82, 2.24) is 9.47 Å². The highest BCUT2D eigenvalue weighted by Crippen LogP contribution is 2.42. The Morgan fingerprint density at radius 2 is 1.64 bits per heavy atom. The molecule has 1 aliphatic heterocycles. The van der Waals surface area contributed by atoms with Crippen LogP contribution in [0.5, 0.6) is 0 Å². The number of fused-ring (bicyclic) bond motifs is 3. The number of para-hydroxylation sites is 2. The van der Waals surface area contributed by atoms with Crippen LogP contribution in [0, 0.1) is 15.9 Å². The fourth-order valence-corrected chi connectivity index (χ4v) is 5.06. The molecule has 1 atom stereocenters. The van der Waals surface area contributed by atoms with Crippen molar-refractivity contribution in [2.24, 2.45) is 0 Å². The van der Waals surface area contributed by atoms with E-state index in [1.54, 1.807) is 17.0 Å². The standard InChI is InChI=1S/C29H24FN5O4/c30-20-9-7-19(8-10-20)28-26-6-3-17-32(26)24-4-1-2-5-25(24)34(28)27(36)18-33(22-15-16-22)29(37)31-21-11-13-23(14-12-21)35(38)39/h1-14,17,22,28H,15-16,18H2,(H,31,37). The number of amides is 3. The lowest BCUT2D eigenvalue weighted by atomic mass is 9.97. The van der Waals surface area contributed by atoms with E-state index in [2.05, 4.69) is 5.32 Å². The van der Waals surface area contributed by atoms with Gasteiger partial charge in [0.2, 0.25) is 5.91 Å². The lowest BCUT2D eigenvalue weighted by Gasteiger charge is -2.39. The zero-order valence-corrected chi connectivity index (χ0v) is 20.7. The topological polar surface area (TPSA) is 101 Å². The summed E-state index contributed by atoms with van der Waals surface area (Å²) in [4.78, 5) is 41.0. The van der Waals surface area contributed by atoms with Gasteiger partial charge in [-0.25, -0.2) is 9.18 Å². The minimum atomic E-state index is -0.526. The molecule has 0 spiro atoms. The van der Waals surface area contributed by atoms with Crippen LogP contribution in [0.4, 0.5) is 26.2 Å². The zero-order chi connectivity index (χ0) is 27.1. The monoisotopic (exact) mass is 525 g/mol. The third-order valence-electron chi connectivity index (χ3n) is 7.06. The number of nitrogens with one attached hydrogen (secondary N) is 1. The summed E-state index contributed by atoms with van der Waals surface area (Å²) < 4.78 is 15.8. The molecule has 4 aromatic rings. The largest absolute Gasteiger partial charge is 0.322 e. The van der Waals surface area contributed by atoms with Gasteiger partial charge in [-0.2, -0.15) is 0 Å². The lowest BCUT2D eigenvalue weighted by Crippen LogP contribution is -2.48. The second-order valence-corrected chi connectivity index (χ2v) is 9.60. The number of urea groups is 1. The molecule has 1 N–H and O–H groups in total. The number of carbonyl (C=O) groups is 2. The number of benzene rings is 3. The molecule has 1 aliphatic carbocycles. The maximum absolute atomic E-state index is 14.1. The molecular weight excluding hydrogens is 501 g/mol. The first-order valence-corrected chi connectivity index (χ1v) is 12.6. The van der Waals surface area contributed by atoms with Crippen LogP contribution in [-0.4, -0.2) is 38.9 Å². The summed E-state index contributed by atoms with van der Waals surface area (Å²) in [7, 11) is 0. The third kappa shape index (κ3) is 4.61. The van der Waals surface area contributed by atoms with E-state index < -0.39 is 17.0 Å². The van der Waals surface area contributed by atoms with Crippen LogP contribution in [0.1, 0.15) is 30.1 Å². The molecule has 3 amide bonds. The summed E-state index contributed by atoms with van der Waals surface area (Å²) in [6.45, 7) is -0.170. The number of rotatable bonds is 6. The Kier molecular flexibility index (Phi) is 6.07. The van der Waals surface area contributed by atoms with Gasteiger partial charge in [-0.15, -0.1) is 0 Å². The summed E-state index contributed by atoms with van der Waals surface area (Å²) >= 11 is 0. The Morgan fingerprint density at radius 3 is 2.31 bits per heavy atom. The van der Waals surface area contributed by atoms with Crippen molar-refractivity contribution in [3.63, 3.8) is 0 Å². The van der Waals surface area contributed by atoms with Crippen LogP contribution < -0.4 is 10.2 Å². The van der Waals surface area contributed by atoms with Gasteiger partial charge < -0.3 is 14.8 Å². The second-order valence-electron chi connectivity index (χ2n) is 9.60. The molecule has 3 aromatic carbocycles. The SMILES string of the molecule is O=C(Nc1ccc([N+](=O)[O-])cc1)N(CC(=O)N1c2ccccc2-n2cccc2C1c1ccc(F)cc1)C1CC1. The van der Waals surface area contributed by atoms with E-state index in [4.69, 9.17) is 0 Å². The molecule has 10 heteroatoms. The molecule has 2 aliphatic rings. The number of nitro benzene ring substituents is 1. The van der Waals surface area contributed by atoms with Crippen LogP contribution in [0.25, 0.3) is 5.69 Å². The minimum Gasteiger partial charge on any atom is -0.316 e. The maximum Gasteiger partial charge on any atom is 0.322 e. The fourth-order valence-electron chi connectivity index (χ4n) is 5.06. The first kappa shape index (κ1) is 24.4. The van der Waals surface area contributed by atoms with Gasteiger partial charge in [-0.1, -0.05) is 24.3 Å². The number of non-ortho nitro benzene ring substituents is 1. The van der Waals surface area contributed by atoms with Gasteiger partial charge in [-0.3, -0.25) is 19.8 Å². The smallest absolute Gasteiger partial charge is 0.316 e. The summed E-state index contributed by atoms with van der Waals surface area (Å²) in [6.07, 6.45) is 3.49. The lowest BCUT2D eigenvalue weighted by molar-refractivity contribution is -0.384. The van der Waals surface area contributed by atoms with E-state index in [0.29, 0.717) is 11.4 Å². The third-order valence-corrected chi connectivity index (χ3v) is 7.06. The van der Waals surface area contributed by atoms with Crippen LogP contribution in [0.3, 0.4) is 0 Å². The zero-order valence-electron chi connectivity index (χ0n) is 20.7. The highest BCUT2D eigenvalue weighted by atomic mass is 19.1. The molecule has 0 saturated heterocycles. The van der Waals surface area contributed by atoms with Crippen molar-refractivity contribution in [2.75, 3.05) is 16.8 Å². The number of hydrogen-bond acceptors (Lipinski definition) is 4. The number of carbonyl (C=O) groups excluding carboxylic acids is 2. The van der Waals surface area contributed by atoms with Crippen molar-refractivity contribution in [3.05, 3.63) is 118 Å². The van der Waals surface area contributed by atoms with Crippen molar-refractivity contribution in [1.29, 1.82) is 0 Å². The van der Waals surface area contributed by atoms with Crippen LogP contribution in [-0.2, 0) is 4.79 Å². The number of aromatic nitrogens is 1. The molecule has 1 unspecified atom stereocenters. The Labute approximate surface area is 223 Å². The van der Waals surface area contributed by atoms with Gasteiger partial charge >= 0.3 is 6.03 Å². The minimum absolute atomic E-state index is 0.0809. The van der Waals surface area contributed by atoms with Crippen LogP contribution in [0.15, 0.2) is 91.1 Å². The predicted molar refractivity (Wildman–Crippen MR) is 143 cm³/mol. The van der Waals surface area contributed by atoms with Gasteiger partial charge in [0, 0.05) is 30.1 Å². The summed E-state index contributed by atoms with van der Waals surface area (Å²) in [5, 5.41) is 13.7. The molecule has 2 heterocycles. The molecule has 1 aromatic heterocycles. The van der Waals surface area contributed by atoms with Crippen molar-refractivity contribution in [3.8, 4) is 5.69 Å². The van der Waals surface area contributed by atoms with Crippen molar-refractivity contribution >= 4 is 29.0 Å². The molecule has 9 nitrogen and oxygen atoms in total. The Hall–Kier alpha value is -4.99. The summed E-state index contributed by atoms with van der Waals surface area (Å²) in [5.74, 6) is -0.652. The average molecular weight is 526 g/mol. The maximum atomic E-state index is 14.1. The van der Waals surface area contributed by atoms with Crippen molar-refractivity contribution in [2.45, 2.75) is 24.9 Å². The first-order chi connectivity index (χ1) is 18.9. The number of anilines is 2. The van der Waals surface area contributed by atoms with Gasteiger partial charge in [0.25, 0.3) is 5.69 Å². The number of halogens is 1. The van der Waals surface area contributed by atoms with E-state index in [-0.39, 0.29) is 30.0 Å². The second kappa shape index (κ2) is 9.71. The summed E-state index contributed by atoms with van der Waals surface area (Å²) in [6, 6.07) is 22.0. The summed E-state index contributed by atoms with van der Waals surface area (Å²) in [5.41, 5.74) is 3.43. The van der Waals surface area contributed by atoms with Gasteiger partial charge in [0.05, 0.1) is 22.0 Å². The Morgan fingerprint density at radius 1 is 0.949 bits per heavy atom. The van der Waals surface area contributed by atoms with E-state index in [0.717, 1.165) is 29.8 Å². The number of nitrogens with zero attached hydrogens (tertiary/aromatic N) is 4. The van der Waals surface area contributed by atoms with E-state index in [9.17, 15) is 24.1 Å². The van der Waals surface area contributed by atoms with Gasteiger partial charge in [-0.05, 0) is 66.9 Å². The van der Waals surface area contributed by atoms with E-state index >= 15 is 0 Å². The molecule has 1 saturated carbocycles. The average Bonchev–Trinajstić information content (AvgIpc) is 3.66. The number of hydrogen-bond donors (Lipinski definition) is 1. The Balaban J connectivity index is 1.32. The molecule has 39 heavy (non-hydrogen) atoms. The Bertz CT molecular complexity index is 1560. The molecular formula is C29H24FN5O4. The molecule has 0 radical (unpaired) electrons.